The number of benzene rings is 3. The van der Waals surface area contributed by atoms with Gasteiger partial charge in [0.25, 0.3) is 11.1 Å². The van der Waals surface area contributed by atoms with Crippen LogP contribution in [0.3, 0.4) is 0 Å². The first-order valence-electron chi connectivity index (χ1n) is 17.8. The number of hydrogen-bond donors (Lipinski definition) is 2. The SMILES string of the molecule is CCn1nc(-c2ccncc2)c(C(C)=O)c(Nc2cccc3ccccc23)c1=O.CCn1nc(-c2ccncc2)c(C(C)=O)c(Nc2ccccc2C)c1=O. The summed E-state index contributed by atoms with van der Waals surface area (Å²) in [7, 11) is 0. The van der Waals surface area contributed by atoms with Gasteiger partial charge in [-0.15, -0.1) is 0 Å². The predicted molar refractivity (Wildman–Crippen MR) is 217 cm³/mol. The predicted octanol–water partition coefficient (Wildman–Crippen LogP) is 8.00. The monoisotopic (exact) mass is 732 g/mol. The summed E-state index contributed by atoms with van der Waals surface area (Å²) < 4.78 is 2.73. The minimum absolute atomic E-state index is 0.222. The van der Waals surface area contributed by atoms with Crippen LogP contribution >= 0.6 is 0 Å². The van der Waals surface area contributed by atoms with Crippen LogP contribution in [0.5, 0.6) is 0 Å². The van der Waals surface area contributed by atoms with E-state index in [1.165, 1.54) is 23.2 Å². The lowest BCUT2D eigenvalue weighted by Crippen LogP contribution is -2.28. The van der Waals surface area contributed by atoms with E-state index in [0.29, 0.717) is 24.5 Å². The van der Waals surface area contributed by atoms with Gasteiger partial charge >= 0.3 is 0 Å². The van der Waals surface area contributed by atoms with Crippen molar-refractivity contribution in [1.29, 1.82) is 0 Å². The van der Waals surface area contributed by atoms with Crippen LogP contribution in [0.1, 0.15) is 54.0 Å². The summed E-state index contributed by atoms with van der Waals surface area (Å²) in [4.78, 5) is 59.1. The van der Waals surface area contributed by atoms with Gasteiger partial charge in [0.2, 0.25) is 0 Å². The second kappa shape index (κ2) is 16.7. The first-order valence-corrected chi connectivity index (χ1v) is 17.8. The molecule has 4 aromatic heterocycles. The number of carbonyl (C=O) groups is 2. The van der Waals surface area contributed by atoms with Crippen molar-refractivity contribution >= 4 is 45.1 Å². The van der Waals surface area contributed by atoms with E-state index in [9.17, 15) is 19.2 Å². The van der Waals surface area contributed by atoms with Gasteiger partial charge in [-0.1, -0.05) is 54.6 Å². The molecule has 0 radical (unpaired) electrons. The van der Waals surface area contributed by atoms with Gasteiger partial charge in [-0.2, -0.15) is 10.2 Å². The van der Waals surface area contributed by atoms with E-state index in [1.54, 1.807) is 49.1 Å². The molecule has 276 valence electrons. The highest BCUT2D eigenvalue weighted by atomic mass is 16.1. The van der Waals surface area contributed by atoms with E-state index in [0.717, 1.165) is 38.8 Å². The molecule has 0 saturated carbocycles. The minimum Gasteiger partial charge on any atom is -0.350 e. The van der Waals surface area contributed by atoms with Crippen molar-refractivity contribution in [3.63, 3.8) is 0 Å². The van der Waals surface area contributed by atoms with Crippen LogP contribution in [-0.4, -0.2) is 41.1 Å². The van der Waals surface area contributed by atoms with Crippen molar-refractivity contribution in [2.24, 2.45) is 0 Å². The summed E-state index contributed by atoms with van der Waals surface area (Å²) in [5.41, 5.74) is 5.31. The number of carbonyl (C=O) groups excluding carboxylic acids is 2. The molecule has 0 spiro atoms. The van der Waals surface area contributed by atoms with Crippen LogP contribution < -0.4 is 21.8 Å². The van der Waals surface area contributed by atoms with Crippen molar-refractivity contribution in [3.8, 4) is 22.5 Å². The van der Waals surface area contributed by atoms with Crippen molar-refractivity contribution in [3.05, 3.63) is 153 Å². The van der Waals surface area contributed by atoms with Crippen LogP contribution in [0.4, 0.5) is 22.7 Å². The highest BCUT2D eigenvalue weighted by Gasteiger charge is 2.24. The third-order valence-corrected chi connectivity index (χ3v) is 8.98. The number of aryl methyl sites for hydroxylation is 3. The second-order valence-electron chi connectivity index (χ2n) is 12.6. The number of aromatic nitrogens is 6. The number of para-hydroxylation sites is 1. The van der Waals surface area contributed by atoms with E-state index in [1.807, 2.05) is 87.5 Å². The third-order valence-electron chi connectivity index (χ3n) is 8.98. The van der Waals surface area contributed by atoms with Crippen LogP contribution in [0.2, 0.25) is 0 Å². The van der Waals surface area contributed by atoms with Crippen molar-refractivity contribution in [1.82, 2.24) is 29.5 Å². The molecule has 0 aliphatic carbocycles. The smallest absolute Gasteiger partial charge is 0.291 e. The Labute approximate surface area is 317 Å². The molecular formula is C43H40N8O4. The van der Waals surface area contributed by atoms with Gasteiger partial charge in [-0.25, -0.2) is 9.36 Å². The molecule has 0 unspecified atom stereocenters. The number of Topliss-reactive ketones (excluding diaryl/α,β-unsaturated/α-hetero) is 2. The molecule has 0 aliphatic rings. The molecule has 0 fully saturated rings. The fraction of sp³-hybridized carbons (Fsp3) is 0.163. The molecule has 0 saturated heterocycles. The van der Waals surface area contributed by atoms with E-state index in [2.05, 4.69) is 30.8 Å². The molecule has 12 heteroatoms. The zero-order chi connectivity index (χ0) is 39.1. The number of ketones is 2. The lowest BCUT2D eigenvalue weighted by atomic mass is 10.0. The highest BCUT2D eigenvalue weighted by molar-refractivity contribution is 6.07. The Kier molecular flexibility index (Phi) is 11.5. The maximum atomic E-state index is 13.1. The molecule has 0 atom stereocenters. The highest BCUT2D eigenvalue weighted by Crippen LogP contribution is 2.31. The Morgan fingerprint density at radius 3 is 1.51 bits per heavy atom. The zero-order valence-electron chi connectivity index (χ0n) is 31.2. The summed E-state index contributed by atoms with van der Waals surface area (Å²) in [5, 5.41) is 17.3. The largest absolute Gasteiger partial charge is 0.350 e. The molecule has 0 amide bonds. The van der Waals surface area contributed by atoms with Gasteiger partial charge in [-0.3, -0.25) is 29.1 Å². The summed E-state index contributed by atoms with van der Waals surface area (Å²) in [6.07, 6.45) is 6.55. The second-order valence-corrected chi connectivity index (χ2v) is 12.6. The summed E-state index contributed by atoms with van der Waals surface area (Å²) >= 11 is 0. The molecule has 0 bridgehead atoms. The Balaban J connectivity index is 0.000000188. The van der Waals surface area contributed by atoms with Crippen LogP contribution in [0.25, 0.3) is 33.3 Å². The fourth-order valence-electron chi connectivity index (χ4n) is 6.23. The normalized spacial score (nSPS) is 10.7. The molecule has 4 heterocycles. The Morgan fingerprint density at radius 1 is 0.582 bits per heavy atom. The standard InChI is InChI=1S/C23H20N4O2.C20H20N4O2/c1-3-27-23(29)22(25-19-10-6-8-16-7-4-5-9-18(16)19)20(15(2)28)21(26-27)17-11-13-24-14-12-17;1-4-24-20(26)19(22-16-8-6-5-7-13(16)2)17(14(3)25)18(23-24)15-9-11-21-12-10-15/h4-14,25H,3H2,1-2H3;5-12,22H,4H2,1-3H3. The Morgan fingerprint density at radius 2 is 1.02 bits per heavy atom. The molecule has 12 nitrogen and oxygen atoms in total. The summed E-state index contributed by atoms with van der Waals surface area (Å²) in [5.74, 6) is -0.451. The zero-order valence-corrected chi connectivity index (χ0v) is 31.2. The maximum Gasteiger partial charge on any atom is 0.291 e. The third kappa shape index (κ3) is 7.98. The van der Waals surface area contributed by atoms with Gasteiger partial charge in [0.05, 0.1) is 11.1 Å². The average Bonchev–Trinajstić information content (AvgIpc) is 3.20. The maximum absolute atomic E-state index is 13.1. The lowest BCUT2D eigenvalue weighted by molar-refractivity contribution is 0.101. The fourth-order valence-corrected chi connectivity index (χ4v) is 6.23. The lowest BCUT2D eigenvalue weighted by Gasteiger charge is -2.17. The van der Waals surface area contributed by atoms with Crippen LogP contribution in [0.15, 0.2) is 125 Å². The number of nitrogens with one attached hydrogen (secondary N) is 2. The Bertz CT molecular complexity index is 2630. The van der Waals surface area contributed by atoms with E-state index >= 15 is 0 Å². The molecule has 7 aromatic rings. The molecular weight excluding hydrogens is 693 g/mol. The quantitative estimate of drug-likeness (QED) is 0.132. The van der Waals surface area contributed by atoms with Crippen molar-refractivity contribution in [2.75, 3.05) is 10.6 Å². The first-order chi connectivity index (χ1) is 26.6. The number of nitrogens with zero attached hydrogens (tertiary/aromatic N) is 6. The molecule has 7 rings (SSSR count). The molecule has 3 aromatic carbocycles. The topological polar surface area (TPSA) is 154 Å². The Hall–Kier alpha value is -7.08. The van der Waals surface area contributed by atoms with Crippen molar-refractivity contribution in [2.45, 2.75) is 47.7 Å². The van der Waals surface area contributed by atoms with Gasteiger partial charge in [0.1, 0.15) is 22.8 Å². The van der Waals surface area contributed by atoms with Gasteiger partial charge in [0, 0.05) is 65.8 Å². The van der Waals surface area contributed by atoms with Gasteiger partial charge < -0.3 is 10.6 Å². The number of pyridine rings is 2. The van der Waals surface area contributed by atoms with Crippen LogP contribution in [-0.2, 0) is 13.1 Å². The van der Waals surface area contributed by atoms with Crippen molar-refractivity contribution < 1.29 is 9.59 Å². The van der Waals surface area contributed by atoms with Gasteiger partial charge in [-0.05, 0) is 82.0 Å². The number of fused-ring (bicyclic) bond motifs is 1. The number of rotatable bonds is 10. The molecule has 2 N–H and O–H groups in total. The van der Waals surface area contributed by atoms with E-state index in [-0.39, 0.29) is 45.2 Å². The van der Waals surface area contributed by atoms with E-state index < -0.39 is 0 Å². The summed E-state index contributed by atoms with van der Waals surface area (Å²) in [6, 6.07) is 28.4. The number of anilines is 4. The average molecular weight is 733 g/mol. The molecule has 0 aliphatic heterocycles. The van der Waals surface area contributed by atoms with E-state index in [4.69, 9.17) is 0 Å². The first kappa shape index (κ1) is 37.7. The number of hydrogen-bond acceptors (Lipinski definition) is 10. The summed E-state index contributed by atoms with van der Waals surface area (Å²) in [6.45, 7) is 9.32. The van der Waals surface area contributed by atoms with Gasteiger partial charge in [0.15, 0.2) is 11.6 Å². The van der Waals surface area contributed by atoms with Crippen LogP contribution in [0, 0.1) is 6.92 Å². The minimum atomic E-state index is -0.330. The molecule has 55 heavy (non-hydrogen) atoms.